The van der Waals surface area contributed by atoms with Crippen molar-refractivity contribution in [2.24, 2.45) is 0 Å². The number of aromatic carboxylic acids is 8. The molecule has 0 aliphatic heterocycles. The summed E-state index contributed by atoms with van der Waals surface area (Å²) in [6, 6.07) is 15.5. The highest BCUT2D eigenvalue weighted by atomic mass is 16.4. The molecule has 5 rings (SSSR count). The van der Waals surface area contributed by atoms with Crippen LogP contribution in [0.5, 0.6) is 0 Å². The monoisotopic (exact) mass is 734 g/mol. The molecule has 0 amide bonds. The van der Waals surface area contributed by atoms with Crippen LogP contribution in [0.3, 0.4) is 0 Å². The van der Waals surface area contributed by atoms with Crippen molar-refractivity contribution < 1.29 is 79.2 Å². The number of hydrogen-bond acceptors (Lipinski definition) is 8. The Labute approximate surface area is 300 Å². The van der Waals surface area contributed by atoms with Gasteiger partial charge in [-0.3, -0.25) is 0 Å². The highest BCUT2D eigenvalue weighted by Crippen LogP contribution is 2.44. The molecule has 8 N–H and O–H groups in total. The Morgan fingerprint density at radius 2 is 0.407 bits per heavy atom. The summed E-state index contributed by atoms with van der Waals surface area (Å²) < 4.78 is 0. The van der Waals surface area contributed by atoms with Gasteiger partial charge < -0.3 is 40.9 Å². The second-order valence-electron chi connectivity index (χ2n) is 11.4. The summed E-state index contributed by atoms with van der Waals surface area (Å²) >= 11 is 0. The Hall–Kier alpha value is -8.14. The van der Waals surface area contributed by atoms with Crippen molar-refractivity contribution in [3.05, 3.63) is 129 Å². The lowest BCUT2D eigenvalue weighted by atomic mass is 9.83. The minimum absolute atomic E-state index is 0.00690. The average Bonchev–Trinajstić information content (AvgIpc) is 3.12. The minimum atomic E-state index is -1.64. The molecule has 0 saturated carbocycles. The van der Waals surface area contributed by atoms with Crippen LogP contribution in [0.25, 0.3) is 44.5 Å². The maximum Gasteiger partial charge on any atom is 0.336 e. The van der Waals surface area contributed by atoms with Crippen molar-refractivity contribution in [1.82, 2.24) is 0 Å². The van der Waals surface area contributed by atoms with Gasteiger partial charge in [-0.2, -0.15) is 0 Å². The fraction of sp³-hybridized carbons (Fsp3) is 0. The molecule has 54 heavy (non-hydrogen) atoms. The van der Waals surface area contributed by atoms with Crippen LogP contribution in [0, 0.1) is 0 Å². The maximum atomic E-state index is 12.2. The molecule has 16 heteroatoms. The van der Waals surface area contributed by atoms with Gasteiger partial charge in [0.25, 0.3) is 0 Å². The first-order valence-electron chi connectivity index (χ1n) is 15.0. The first-order valence-corrected chi connectivity index (χ1v) is 15.0. The lowest BCUT2D eigenvalue weighted by molar-refractivity contribution is 0.0651. The molecule has 16 nitrogen and oxygen atoms in total. The minimum Gasteiger partial charge on any atom is -0.478 e. The van der Waals surface area contributed by atoms with Crippen molar-refractivity contribution in [3.63, 3.8) is 0 Å². The van der Waals surface area contributed by atoms with E-state index in [4.69, 9.17) is 0 Å². The molecular formula is C38H22O16. The Balaban J connectivity index is 2.00. The van der Waals surface area contributed by atoms with Crippen molar-refractivity contribution in [3.8, 4) is 44.5 Å². The number of hydrogen-bond donors (Lipinski definition) is 8. The van der Waals surface area contributed by atoms with Crippen molar-refractivity contribution in [2.75, 3.05) is 0 Å². The fourth-order valence-corrected chi connectivity index (χ4v) is 5.86. The van der Waals surface area contributed by atoms with Gasteiger partial charge in [-0.25, -0.2) is 38.4 Å². The van der Waals surface area contributed by atoms with E-state index in [2.05, 4.69) is 0 Å². The summed E-state index contributed by atoms with van der Waals surface area (Å²) in [6.45, 7) is 0. The van der Waals surface area contributed by atoms with E-state index in [0.717, 1.165) is 48.5 Å². The van der Waals surface area contributed by atoms with Gasteiger partial charge in [-0.1, -0.05) is 24.3 Å². The van der Waals surface area contributed by atoms with Gasteiger partial charge in [-0.15, -0.1) is 0 Å². The Kier molecular flexibility index (Phi) is 9.79. The molecule has 5 aromatic carbocycles. The molecule has 0 heterocycles. The number of carboxylic acids is 8. The van der Waals surface area contributed by atoms with Gasteiger partial charge in [0.1, 0.15) is 0 Å². The molecule has 0 spiro atoms. The van der Waals surface area contributed by atoms with Crippen molar-refractivity contribution in [1.29, 1.82) is 0 Å². The van der Waals surface area contributed by atoms with Gasteiger partial charge in [0.2, 0.25) is 0 Å². The van der Waals surface area contributed by atoms with E-state index in [1.807, 2.05) is 0 Å². The standard InChI is InChI=1S/C38H22O16/c39-31(40)19-5-1-15(9-27(19)35(47)48)23-13-25(17-3-7-21(33(43)44)29(11-17)37(51)52)26(18-4-8-22(34(45)46)30(12-18)38(53)54)14-24(23)16-2-6-20(32(41)42)28(10-16)36(49)50/h1-14H,(H,39,40)(H,41,42)(H,43,44)(H,45,46)(H,47,48)(H,49,50)(H,51,52)(H,53,54). The van der Waals surface area contributed by atoms with E-state index in [1.165, 1.54) is 36.4 Å². The molecule has 270 valence electrons. The molecule has 0 saturated heterocycles. The lowest BCUT2D eigenvalue weighted by Crippen LogP contribution is -2.09. The number of carbonyl (C=O) groups is 8. The van der Waals surface area contributed by atoms with Crippen molar-refractivity contribution in [2.45, 2.75) is 0 Å². The highest BCUT2D eigenvalue weighted by Gasteiger charge is 2.25. The van der Waals surface area contributed by atoms with Gasteiger partial charge in [0.15, 0.2) is 0 Å². The zero-order chi connectivity index (χ0) is 39.8. The predicted molar refractivity (Wildman–Crippen MR) is 184 cm³/mol. The molecule has 0 bridgehead atoms. The van der Waals surface area contributed by atoms with Crippen LogP contribution in [0.4, 0.5) is 0 Å². The summed E-state index contributed by atoms with van der Waals surface area (Å²) in [6.07, 6.45) is 0. The van der Waals surface area contributed by atoms with Crippen LogP contribution < -0.4 is 0 Å². The van der Waals surface area contributed by atoms with Crippen molar-refractivity contribution >= 4 is 47.8 Å². The van der Waals surface area contributed by atoms with Gasteiger partial charge in [-0.05, 0) is 105 Å². The van der Waals surface area contributed by atoms with Crippen LogP contribution >= 0.6 is 0 Å². The third kappa shape index (κ3) is 6.93. The first-order chi connectivity index (χ1) is 25.4. The molecule has 0 fully saturated rings. The van der Waals surface area contributed by atoms with E-state index in [1.54, 1.807) is 0 Å². The van der Waals surface area contributed by atoms with Gasteiger partial charge in [0, 0.05) is 0 Å². The smallest absolute Gasteiger partial charge is 0.336 e. The highest BCUT2D eigenvalue weighted by molar-refractivity contribution is 6.08. The zero-order valence-corrected chi connectivity index (χ0v) is 26.9. The van der Waals surface area contributed by atoms with Crippen LogP contribution in [0.15, 0.2) is 84.9 Å². The van der Waals surface area contributed by atoms with E-state index in [-0.39, 0.29) is 44.5 Å². The third-order valence-corrected chi connectivity index (χ3v) is 8.32. The SMILES string of the molecule is O=C(O)c1ccc(-c2cc(-c3ccc(C(=O)O)c(C(=O)O)c3)c(-c3ccc(C(=O)O)c(C(=O)O)c3)cc2-c2ccc(C(=O)O)c(C(=O)O)c2)cc1C(=O)O. The summed E-state index contributed by atoms with van der Waals surface area (Å²) in [5.74, 6) is -12.9. The number of benzene rings is 5. The van der Waals surface area contributed by atoms with E-state index < -0.39 is 92.3 Å². The molecule has 0 aromatic heterocycles. The topological polar surface area (TPSA) is 298 Å². The zero-order valence-electron chi connectivity index (χ0n) is 26.9. The molecule has 5 aromatic rings. The molecule has 0 aliphatic rings. The molecular weight excluding hydrogens is 712 g/mol. The van der Waals surface area contributed by atoms with Crippen LogP contribution in [0.1, 0.15) is 82.9 Å². The number of rotatable bonds is 12. The fourth-order valence-electron chi connectivity index (χ4n) is 5.86. The Morgan fingerprint density at radius 3 is 0.556 bits per heavy atom. The van der Waals surface area contributed by atoms with Gasteiger partial charge in [0.05, 0.1) is 44.5 Å². The molecule has 0 aliphatic carbocycles. The average molecular weight is 735 g/mol. The number of carboxylic acid groups (broad SMARTS) is 8. The molecule has 0 atom stereocenters. The Bertz CT molecular complexity index is 2180. The van der Waals surface area contributed by atoms with E-state index in [9.17, 15) is 79.2 Å². The van der Waals surface area contributed by atoms with E-state index in [0.29, 0.717) is 0 Å². The molecule has 0 unspecified atom stereocenters. The third-order valence-electron chi connectivity index (χ3n) is 8.32. The van der Waals surface area contributed by atoms with E-state index >= 15 is 0 Å². The predicted octanol–water partition coefficient (Wildman–Crippen LogP) is 5.94. The van der Waals surface area contributed by atoms with Crippen LogP contribution in [0.2, 0.25) is 0 Å². The normalized spacial score (nSPS) is 10.7. The second-order valence-corrected chi connectivity index (χ2v) is 11.4. The van der Waals surface area contributed by atoms with Crippen LogP contribution in [-0.4, -0.2) is 88.6 Å². The quantitative estimate of drug-likeness (QED) is 0.0735. The van der Waals surface area contributed by atoms with Gasteiger partial charge >= 0.3 is 47.8 Å². The molecule has 0 radical (unpaired) electrons. The largest absolute Gasteiger partial charge is 0.478 e. The van der Waals surface area contributed by atoms with Crippen LogP contribution in [-0.2, 0) is 0 Å². The maximum absolute atomic E-state index is 12.2. The summed E-state index contributed by atoms with van der Waals surface area (Å²) in [4.78, 5) is 96.2. The summed E-state index contributed by atoms with van der Waals surface area (Å²) in [5.41, 5.74) is -4.90. The summed E-state index contributed by atoms with van der Waals surface area (Å²) in [7, 11) is 0. The summed E-state index contributed by atoms with van der Waals surface area (Å²) in [5, 5.41) is 78.1. The lowest BCUT2D eigenvalue weighted by Gasteiger charge is -2.20. The first kappa shape index (κ1) is 37.1. The Morgan fingerprint density at radius 1 is 0.241 bits per heavy atom. The second kappa shape index (κ2) is 14.2.